The summed E-state index contributed by atoms with van der Waals surface area (Å²) in [6, 6.07) is 12.6. The zero-order valence-electron chi connectivity index (χ0n) is 20.0. The molecule has 3 aliphatic carbocycles. The minimum absolute atomic E-state index is 0.133. The second kappa shape index (κ2) is 7.15. The molecule has 176 valence electrons. The van der Waals surface area contributed by atoms with Gasteiger partial charge in [-0.15, -0.1) is 0 Å². The molecule has 2 aromatic heterocycles. The third-order valence-electron chi connectivity index (χ3n) is 9.19. The molecule has 1 saturated heterocycles. The van der Waals surface area contributed by atoms with E-state index in [1.54, 1.807) is 7.11 Å². The molecule has 2 bridgehead atoms. The standard InChI is InChI=1S/C28H32N4O2/c1-18-22-15-28(33)25-13-20-8-9-21(34-2)14-23(20)27(28,10-12-31(25)17-19-6-7-19)16-24(22)30-32(18)26-5-3-4-11-29-26/h3-5,8-9,11,14,19,25,33H,6-7,10,12-13,15-17H2,1-2H3/t25-,27-,28-/m1/s1. The summed E-state index contributed by atoms with van der Waals surface area (Å²) in [6.45, 7) is 4.28. The molecule has 6 heteroatoms. The maximum Gasteiger partial charge on any atom is 0.153 e. The van der Waals surface area contributed by atoms with Gasteiger partial charge in [0.05, 0.1) is 18.4 Å². The van der Waals surface area contributed by atoms with Gasteiger partial charge in [-0.2, -0.15) is 5.10 Å². The second-order valence-corrected chi connectivity index (χ2v) is 10.9. The Kier molecular flexibility index (Phi) is 4.35. The molecule has 6 nitrogen and oxygen atoms in total. The van der Waals surface area contributed by atoms with Crippen LogP contribution >= 0.6 is 0 Å². The van der Waals surface area contributed by atoms with Crippen molar-refractivity contribution in [3.63, 3.8) is 0 Å². The van der Waals surface area contributed by atoms with Gasteiger partial charge in [0.15, 0.2) is 5.82 Å². The number of fused-ring (bicyclic) bond motifs is 2. The molecular formula is C28H32N4O2. The summed E-state index contributed by atoms with van der Waals surface area (Å²) < 4.78 is 7.61. The van der Waals surface area contributed by atoms with Gasteiger partial charge in [0.2, 0.25) is 0 Å². The van der Waals surface area contributed by atoms with Crippen molar-refractivity contribution in [2.45, 2.75) is 62.5 Å². The van der Waals surface area contributed by atoms with E-state index < -0.39 is 5.60 Å². The van der Waals surface area contributed by atoms with Crippen LogP contribution in [0, 0.1) is 12.8 Å². The summed E-state index contributed by atoms with van der Waals surface area (Å²) >= 11 is 0. The topological polar surface area (TPSA) is 63.4 Å². The summed E-state index contributed by atoms with van der Waals surface area (Å²) in [4.78, 5) is 7.17. The number of aromatic nitrogens is 3. The molecule has 2 fully saturated rings. The summed E-state index contributed by atoms with van der Waals surface area (Å²) in [5, 5.41) is 17.9. The van der Waals surface area contributed by atoms with E-state index in [9.17, 15) is 5.11 Å². The molecule has 0 amide bonds. The summed E-state index contributed by atoms with van der Waals surface area (Å²) in [7, 11) is 1.73. The largest absolute Gasteiger partial charge is 0.497 e. The number of pyridine rings is 1. The highest BCUT2D eigenvalue weighted by Gasteiger charge is 2.65. The third kappa shape index (κ3) is 2.75. The Labute approximate surface area is 200 Å². The average molecular weight is 457 g/mol. The molecule has 0 radical (unpaired) electrons. The van der Waals surface area contributed by atoms with Crippen molar-refractivity contribution < 1.29 is 9.84 Å². The van der Waals surface area contributed by atoms with Crippen molar-refractivity contribution in [1.82, 2.24) is 19.7 Å². The molecule has 3 atom stereocenters. The maximum absolute atomic E-state index is 12.8. The molecule has 1 aromatic carbocycles. The van der Waals surface area contributed by atoms with Gasteiger partial charge in [-0.3, -0.25) is 4.90 Å². The lowest BCUT2D eigenvalue weighted by Crippen LogP contribution is -2.74. The van der Waals surface area contributed by atoms with Crippen molar-refractivity contribution >= 4 is 0 Å². The highest BCUT2D eigenvalue weighted by atomic mass is 16.5. The molecule has 34 heavy (non-hydrogen) atoms. The fourth-order valence-electron chi connectivity index (χ4n) is 7.20. The molecule has 1 N–H and O–H groups in total. The summed E-state index contributed by atoms with van der Waals surface area (Å²) in [5.41, 5.74) is 4.87. The third-order valence-corrected chi connectivity index (χ3v) is 9.19. The van der Waals surface area contributed by atoms with E-state index in [4.69, 9.17) is 9.84 Å². The van der Waals surface area contributed by atoms with Crippen molar-refractivity contribution in [3.8, 4) is 11.6 Å². The minimum atomic E-state index is -0.824. The van der Waals surface area contributed by atoms with Gasteiger partial charge in [0.25, 0.3) is 0 Å². The highest BCUT2D eigenvalue weighted by Crippen LogP contribution is 2.58. The average Bonchev–Trinajstić information content (AvgIpc) is 3.62. The van der Waals surface area contributed by atoms with E-state index in [2.05, 4.69) is 35.0 Å². The number of hydrogen-bond acceptors (Lipinski definition) is 5. The predicted molar refractivity (Wildman–Crippen MR) is 130 cm³/mol. The number of nitrogens with zero attached hydrogens (tertiary/aromatic N) is 4. The Bertz CT molecular complexity index is 1270. The Morgan fingerprint density at radius 3 is 2.82 bits per heavy atom. The Hall–Kier alpha value is -2.70. The van der Waals surface area contributed by atoms with E-state index in [-0.39, 0.29) is 11.5 Å². The molecule has 3 aromatic rings. The van der Waals surface area contributed by atoms with Crippen molar-refractivity contribution in [2.24, 2.45) is 5.92 Å². The monoisotopic (exact) mass is 456 g/mol. The van der Waals surface area contributed by atoms with Gasteiger partial charge in [-0.1, -0.05) is 12.1 Å². The van der Waals surface area contributed by atoms with Gasteiger partial charge in [-0.25, -0.2) is 9.67 Å². The van der Waals surface area contributed by atoms with Crippen molar-refractivity contribution in [1.29, 1.82) is 0 Å². The van der Waals surface area contributed by atoms with Gasteiger partial charge in [0, 0.05) is 42.7 Å². The SMILES string of the molecule is COc1ccc2c(c1)[C@]13CCN(CC4CC4)[C@H](C2)[C@]1(O)Cc1c(nn(-c2ccccn2)c1C)C3. The molecule has 1 saturated carbocycles. The van der Waals surface area contributed by atoms with Crippen molar-refractivity contribution in [3.05, 3.63) is 70.7 Å². The Morgan fingerprint density at radius 1 is 1.18 bits per heavy atom. The van der Waals surface area contributed by atoms with Crippen LogP contribution in [0.5, 0.6) is 5.75 Å². The van der Waals surface area contributed by atoms with Crippen LogP contribution in [0.25, 0.3) is 5.82 Å². The van der Waals surface area contributed by atoms with E-state index in [0.29, 0.717) is 6.42 Å². The fraction of sp³-hybridized carbons (Fsp3) is 0.500. The van der Waals surface area contributed by atoms with Crippen LogP contribution in [-0.2, 0) is 24.7 Å². The lowest BCUT2D eigenvalue weighted by Gasteiger charge is -2.63. The first-order chi connectivity index (χ1) is 16.5. The molecule has 7 rings (SSSR count). The highest BCUT2D eigenvalue weighted by molar-refractivity contribution is 5.52. The number of piperidine rings is 1. The Morgan fingerprint density at radius 2 is 2.06 bits per heavy atom. The maximum atomic E-state index is 12.8. The summed E-state index contributed by atoms with van der Waals surface area (Å²) in [5.74, 6) is 2.51. The van der Waals surface area contributed by atoms with Crippen LogP contribution in [0.4, 0.5) is 0 Å². The number of benzene rings is 1. The first kappa shape index (κ1) is 20.7. The zero-order valence-corrected chi connectivity index (χ0v) is 20.0. The number of methoxy groups -OCH3 is 1. The van der Waals surface area contributed by atoms with Gasteiger partial charge in [0.1, 0.15) is 5.75 Å². The first-order valence-corrected chi connectivity index (χ1v) is 12.6. The number of rotatable bonds is 4. The quantitative estimate of drug-likeness (QED) is 0.652. The van der Waals surface area contributed by atoms with Crippen LogP contribution in [0.1, 0.15) is 47.3 Å². The van der Waals surface area contributed by atoms with Crippen LogP contribution in [0.15, 0.2) is 42.6 Å². The molecule has 3 heterocycles. The van der Waals surface area contributed by atoms with Crippen molar-refractivity contribution in [2.75, 3.05) is 20.2 Å². The first-order valence-electron chi connectivity index (χ1n) is 12.6. The number of aliphatic hydroxyl groups is 1. The second-order valence-electron chi connectivity index (χ2n) is 10.9. The van der Waals surface area contributed by atoms with E-state index in [1.165, 1.54) is 29.5 Å². The molecule has 0 unspecified atom stereocenters. The van der Waals surface area contributed by atoms with Crippen LogP contribution < -0.4 is 4.74 Å². The van der Waals surface area contributed by atoms with E-state index >= 15 is 0 Å². The molecule has 1 aliphatic heterocycles. The van der Waals surface area contributed by atoms with Crippen LogP contribution in [-0.4, -0.2) is 56.6 Å². The predicted octanol–water partition coefficient (Wildman–Crippen LogP) is 3.39. The lowest BCUT2D eigenvalue weighted by atomic mass is 9.49. The molecule has 4 aliphatic rings. The molecular weight excluding hydrogens is 424 g/mol. The van der Waals surface area contributed by atoms with Gasteiger partial charge < -0.3 is 9.84 Å². The number of hydrogen-bond donors (Lipinski definition) is 1. The van der Waals surface area contributed by atoms with Gasteiger partial charge >= 0.3 is 0 Å². The summed E-state index contributed by atoms with van der Waals surface area (Å²) in [6.07, 6.45) is 7.72. The normalized spacial score (nSPS) is 29.8. The van der Waals surface area contributed by atoms with E-state index in [0.717, 1.165) is 61.2 Å². The van der Waals surface area contributed by atoms with E-state index in [1.807, 2.05) is 29.1 Å². The lowest BCUT2D eigenvalue weighted by molar-refractivity contribution is -0.152. The van der Waals surface area contributed by atoms with Crippen LogP contribution in [0.2, 0.25) is 0 Å². The molecule has 0 spiro atoms. The Balaban J connectivity index is 1.40. The number of likely N-dealkylation sites (tertiary alicyclic amines) is 1. The number of ether oxygens (including phenoxy) is 1. The fourth-order valence-corrected chi connectivity index (χ4v) is 7.20. The van der Waals surface area contributed by atoms with Gasteiger partial charge in [-0.05, 0) is 86.0 Å². The smallest absolute Gasteiger partial charge is 0.153 e. The zero-order chi connectivity index (χ0) is 23.1. The minimum Gasteiger partial charge on any atom is -0.497 e. The van der Waals surface area contributed by atoms with Crippen LogP contribution in [0.3, 0.4) is 0 Å².